The zero-order valence-electron chi connectivity index (χ0n) is 15.1. The van der Waals surface area contributed by atoms with E-state index in [4.69, 9.17) is 16.3 Å². The minimum atomic E-state index is -3.49. The fourth-order valence-electron chi connectivity index (χ4n) is 2.85. The molecule has 0 spiro atoms. The van der Waals surface area contributed by atoms with Crippen molar-refractivity contribution in [3.05, 3.63) is 46.3 Å². The Bertz CT molecular complexity index is 904. The van der Waals surface area contributed by atoms with Crippen molar-refractivity contribution in [2.24, 2.45) is 0 Å². The average Bonchev–Trinajstić information content (AvgIpc) is 3.10. The molecule has 2 aromatic rings. The summed E-state index contributed by atoms with van der Waals surface area (Å²) >= 11 is 7.11. The van der Waals surface area contributed by atoms with Crippen LogP contribution in [0.15, 0.2) is 40.6 Å². The molecule has 3 rings (SSSR count). The Morgan fingerprint density at radius 3 is 2.30 bits per heavy atom. The number of hydrogen-bond donors (Lipinski definition) is 0. The van der Waals surface area contributed by atoms with Crippen molar-refractivity contribution in [1.82, 2.24) is 9.21 Å². The monoisotopic (exact) mass is 428 g/mol. The Morgan fingerprint density at radius 2 is 1.74 bits per heavy atom. The highest BCUT2D eigenvalue weighted by Gasteiger charge is 2.32. The van der Waals surface area contributed by atoms with Crippen molar-refractivity contribution < 1.29 is 17.9 Å². The van der Waals surface area contributed by atoms with Gasteiger partial charge in [-0.25, -0.2) is 8.42 Å². The molecule has 0 radical (unpaired) electrons. The van der Waals surface area contributed by atoms with Crippen LogP contribution in [0.25, 0.3) is 0 Å². The first kappa shape index (κ1) is 20.1. The summed E-state index contributed by atoms with van der Waals surface area (Å²) in [7, 11) is -3.49. The van der Waals surface area contributed by atoms with Gasteiger partial charge >= 0.3 is 0 Å². The van der Waals surface area contributed by atoms with Gasteiger partial charge in [-0.2, -0.15) is 4.31 Å². The summed E-state index contributed by atoms with van der Waals surface area (Å²) < 4.78 is 32.8. The first-order chi connectivity index (χ1) is 12.8. The molecule has 1 aromatic carbocycles. The Kier molecular flexibility index (Phi) is 6.10. The Labute approximate surface area is 168 Å². The molecule has 1 atom stereocenters. The predicted octanol–water partition coefficient (Wildman–Crippen LogP) is 3.01. The van der Waals surface area contributed by atoms with E-state index in [9.17, 15) is 13.2 Å². The topological polar surface area (TPSA) is 66.9 Å². The third kappa shape index (κ3) is 4.63. The van der Waals surface area contributed by atoms with Gasteiger partial charge in [0.05, 0.1) is 0 Å². The first-order valence-corrected chi connectivity index (χ1v) is 11.2. The lowest BCUT2D eigenvalue weighted by Crippen LogP contribution is -2.53. The van der Waals surface area contributed by atoms with Gasteiger partial charge in [0.1, 0.15) is 9.96 Å². The lowest BCUT2D eigenvalue weighted by Gasteiger charge is -2.34. The van der Waals surface area contributed by atoms with Gasteiger partial charge in [-0.3, -0.25) is 4.79 Å². The number of aryl methyl sites for hydroxylation is 1. The van der Waals surface area contributed by atoms with Crippen molar-refractivity contribution in [1.29, 1.82) is 0 Å². The summed E-state index contributed by atoms with van der Waals surface area (Å²) in [6, 6.07) is 10.2. The molecule has 9 heteroatoms. The molecule has 1 amide bonds. The van der Waals surface area contributed by atoms with E-state index < -0.39 is 16.1 Å². The van der Waals surface area contributed by atoms with Crippen LogP contribution in [0.2, 0.25) is 5.02 Å². The summed E-state index contributed by atoms with van der Waals surface area (Å²) in [6.07, 6.45) is -0.658. The highest BCUT2D eigenvalue weighted by molar-refractivity contribution is 7.91. The van der Waals surface area contributed by atoms with Gasteiger partial charge in [0.2, 0.25) is 0 Å². The van der Waals surface area contributed by atoms with E-state index in [0.29, 0.717) is 28.1 Å². The predicted molar refractivity (Wildman–Crippen MR) is 106 cm³/mol. The van der Waals surface area contributed by atoms with Crippen molar-refractivity contribution in [2.45, 2.75) is 24.2 Å². The van der Waals surface area contributed by atoms with E-state index in [1.165, 1.54) is 15.6 Å². The molecule has 146 valence electrons. The number of rotatable bonds is 5. The lowest BCUT2D eigenvalue weighted by atomic mass is 10.2. The van der Waals surface area contributed by atoms with Gasteiger partial charge < -0.3 is 9.64 Å². The quantitative estimate of drug-likeness (QED) is 0.734. The van der Waals surface area contributed by atoms with Crippen LogP contribution < -0.4 is 4.74 Å². The van der Waals surface area contributed by atoms with Crippen LogP contribution in [0.3, 0.4) is 0 Å². The number of ether oxygens (including phenoxy) is 1. The lowest BCUT2D eigenvalue weighted by molar-refractivity contribution is -0.139. The van der Waals surface area contributed by atoms with E-state index in [1.807, 2.05) is 6.92 Å². The molecular weight excluding hydrogens is 408 g/mol. The van der Waals surface area contributed by atoms with Crippen LogP contribution in [-0.2, 0) is 14.8 Å². The maximum Gasteiger partial charge on any atom is 0.263 e. The van der Waals surface area contributed by atoms with E-state index >= 15 is 0 Å². The highest BCUT2D eigenvalue weighted by Crippen LogP contribution is 2.25. The second-order valence-electron chi connectivity index (χ2n) is 6.31. The molecule has 1 unspecified atom stereocenters. The molecule has 6 nitrogen and oxygen atoms in total. The van der Waals surface area contributed by atoms with E-state index in [0.717, 1.165) is 4.88 Å². The summed E-state index contributed by atoms with van der Waals surface area (Å²) in [5.74, 6) is 0.406. The second-order valence-corrected chi connectivity index (χ2v) is 10.2. The summed E-state index contributed by atoms with van der Waals surface area (Å²) in [4.78, 5) is 15.2. The molecule has 0 bridgehead atoms. The molecule has 2 heterocycles. The van der Waals surface area contributed by atoms with Crippen molar-refractivity contribution in [3.63, 3.8) is 0 Å². The molecule has 1 aromatic heterocycles. The van der Waals surface area contributed by atoms with Crippen LogP contribution in [0.1, 0.15) is 11.8 Å². The SMILES string of the molecule is Cc1ccc(S(=O)(=O)N2CCN(C(=O)C(C)Oc3ccc(Cl)cc3)CC2)s1. The average molecular weight is 429 g/mol. The minimum absolute atomic E-state index is 0.158. The van der Waals surface area contributed by atoms with Gasteiger partial charge in [-0.1, -0.05) is 11.6 Å². The zero-order chi connectivity index (χ0) is 19.6. The number of halogens is 1. The normalized spacial score (nSPS) is 16.9. The fourth-order valence-corrected chi connectivity index (χ4v) is 5.84. The van der Waals surface area contributed by atoms with E-state index in [2.05, 4.69) is 0 Å². The second kappa shape index (κ2) is 8.18. The van der Waals surface area contributed by atoms with Crippen LogP contribution >= 0.6 is 22.9 Å². The number of thiophene rings is 1. The number of sulfonamides is 1. The van der Waals surface area contributed by atoms with Crippen molar-refractivity contribution in [3.8, 4) is 5.75 Å². The molecule has 27 heavy (non-hydrogen) atoms. The fraction of sp³-hybridized carbons (Fsp3) is 0.389. The Balaban J connectivity index is 1.58. The highest BCUT2D eigenvalue weighted by atomic mass is 35.5. The van der Waals surface area contributed by atoms with Crippen LogP contribution in [-0.4, -0.2) is 55.8 Å². The number of hydrogen-bond acceptors (Lipinski definition) is 5. The standard InChI is InChI=1S/C18H21ClN2O4S2/c1-13-3-8-17(26-13)27(23,24)21-11-9-20(10-12-21)18(22)14(2)25-16-6-4-15(19)5-7-16/h3-8,14H,9-12H2,1-2H3. The number of amides is 1. The van der Waals surface area contributed by atoms with E-state index in [1.54, 1.807) is 48.2 Å². The molecule has 0 saturated carbocycles. The number of benzene rings is 1. The van der Waals surface area contributed by atoms with Gasteiger partial charge in [0.15, 0.2) is 6.10 Å². The zero-order valence-corrected chi connectivity index (χ0v) is 17.5. The third-order valence-corrected chi connectivity index (χ3v) is 7.95. The Morgan fingerprint density at radius 1 is 1.11 bits per heavy atom. The molecule has 0 N–H and O–H groups in total. The van der Waals surface area contributed by atoms with Gasteiger partial charge in [-0.05, 0) is 50.2 Å². The number of carbonyl (C=O) groups excluding carboxylic acids is 1. The third-order valence-electron chi connectivity index (χ3n) is 4.33. The van der Waals surface area contributed by atoms with Crippen molar-refractivity contribution >= 4 is 38.9 Å². The molecule has 1 aliphatic heterocycles. The van der Waals surface area contributed by atoms with Gasteiger partial charge in [0.25, 0.3) is 15.9 Å². The van der Waals surface area contributed by atoms with Crippen LogP contribution in [0.5, 0.6) is 5.75 Å². The minimum Gasteiger partial charge on any atom is -0.481 e. The molecule has 0 aliphatic carbocycles. The molecule has 1 aliphatic rings. The van der Waals surface area contributed by atoms with Gasteiger partial charge in [-0.15, -0.1) is 11.3 Å². The molecule has 1 saturated heterocycles. The van der Waals surface area contributed by atoms with Crippen LogP contribution in [0, 0.1) is 6.92 Å². The first-order valence-electron chi connectivity index (χ1n) is 8.55. The number of piperazine rings is 1. The van der Waals surface area contributed by atoms with Crippen molar-refractivity contribution in [2.75, 3.05) is 26.2 Å². The van der Waals surface area contributed by atoms with Gasteiger partial charge in [0, 0.05) is 36.1 Å². The Hall–Kier alpha value is -1.61. The number of nitrogens with zero attached hydrogens (tertiary/aromatic N) is 2. The smallest absolute Gasteiger partial charge is 0.263 e. The summed E-state index contributed by atoms with van der Waals surface area (Å²) in [6.45, 7) is 4.81. The number of carbonyl (C=O) groups is 1. The largest absolute Gasteiger partial charge is 0.481 e. The van der Waals surface area contributed by atoms with Crippen LogP contribution in [0.4, 0.5) is 0 Å². The summed E-state index contributed by atoms with van der Waals surface area (Å²) in [5.41, 5.74) is 0. The van der Waals surface area contributed by atoms with E-state index in [-0.39, 0.29) is 19.0 Å². The summed E-state index contributed by atoms with van der Waals surface area (Å²) in [5, 5.41) is 0.597. The maximum absolute atomic E-state index is 12.7. The maximum atomic E-state index is 12.7. The molecule has 1 fully saturated rings. The molecular formula is C18H21ClN2O4S2.